The molecule has 0 spiro atoms. The number of halogens is 1. The SMILES string of the molecule is Cc1cc(NC(=S)NCC[NH+]2CCOCC2)ccc1I. The Kier molecular flexibility index (Phi) is 6.47. The molecule has 20 heavy (non-hydrogen) atoms. The molecule has 0 bridgehead atoms. The molecule has 0 unspecified atom stereocenters. The molecule has 0 radical (unpaired) electrons. The summed E-state index contributed by atoms with van der Waals surface area (Å²) in [6.07, 6.45) is 0. The van der Waals surface area contributed by atoms with Crippen molar-refractivity contribution in [1.29, 1.82) is 0 Å². The molecule has 0 atom stereocenters. The van der Waals surface area contributed by atoms with Crippen LogP contribution in [0.2, 0.25) is 0 Å². The standard InChI is InChI=1S/C14H20IN3OS/c1-11-10-12(2-3-13(11)15)17-14(20)16-4-5-18-6-8-19-9-7-18/h2-3,10H,4-9H2,1H3,(H2,16,17,20)/p+1. The largest absolute Gasteiger partial charge is 0.370 e. The van der Waals surface area contributed by atoms with Crippen LogP contribution in [-0.4, -0.2) is 44.5 Å². The monoisotopic (exact) mass is 406 g/mol. The van der Waals surface area contributed by atoms with Crippen molar-refractivity contribution in [2.24, 2.45) is 0 Å². The lowest BCUT2D eigenvalue weighted by molar-refractivity contribution is -0.906. The van der Waals surface area contributed by atoms with E-state index in [0.717, 1.165) is 45.1 Å². The van der Waals surface area contributed by atoms with E-state index in [-0.39, 0.29) is 0 Å². The third-order valence-corrected chi connectivity index (χ3v) is 4.84. The smallest absolute Gasteiger partial charge is 0.170 e. The average molecular weight is 406 g/mol. The number of quaternary nitrogens is 1. The maximum atomic E-state index is 5.35. The van der Waals surface area contributed by atoms with E-state index in [0.29, 0.717) is 5.11 Å². The number of hydrogen-bond acceptors (Lipinski definition) is 2. The van der Waals surface area contributed by atoms with Gasteiger partial charge < -0.3 is 20.3 Å². The predicted octanol–water partition coefficient (Wildman–Crippen LogP) is 0.801. The molecule has 1 saturated heterocycles. The third-order valence-electron chi connectivity index (χ3n) is 3.38. The number of rotatable bonds is 4. The maximum Gasteiger partial charge on any atom is 0.170 e. The van der Waals surface area contributed by atoms with E-state index in [2.05, 4.69) is 58.3 Å². The van der Waals surface area contributed by atoms with Gasteiger partial charge in [-0.3, -0.25) is 0 Å². The van der Waals surface area contributed by atoms with Gasteiger partial charge in [0.25, 0.3) is 0 Å². The fourth-order valence-electron chi connectivity index (χ4n) is 2.16. The van der Waals surface area contributed by atoms with E-state index in [1.165, 1.54) is 9.13 Å². The van der Waals surface area contributed by atoms with Crippen LogP contribution in [0.15, 0.2) is 18.2 Å². The molecule has 1 aromatic rings. The lowest BCUT2D eigenvalue weighted by Crippen LogP contribution is -3.14. The molecule has 0 aliphatic carbocycles. The first kappa shape index (κ1) is 15.9. The summed E-state index contributed by atoms with van der Waals surface area (Å²) in [7, 11) is 0. The van der Waals surface area contributed by atoms with Crippen LogP contribution in [0.3, 0.4) is 0 Å². The molecular weight excluding hydrogens is 385 g/mol. The second-order valence-corrected chi connectivity index (χ2v) is 6.53. The number of hydrogen-bond donors (Lipinski definition) is 3. The van der Waals surface area contributed by atoms with Crippen LogP contribution in [0.4, 0.5) is 5.69 Å². The van der Waals surface area contributed by atoms with Crippen LogP contribution >= 0.6 is 34.8 Å². The van der Waals surface area contributed by atoms with Crippen LogP contribution in [0, 0.1) is 10.5 Å². The summed E-state index contributed by atoms with van der Waals surface area (Å²) in [6.45, 7) is 8.02. The Morgan fingerprint density at radius 2 is 2.15 bits per heavy atom. The summed E-state index contributed by atoms with van der Waals surface area (Å²) in [5, 5.41) is 7.19. The minimum atomic E-state index is 0.693. The van der Waals surface area contributed by atoms with Crippen molar-refractivity contribution in [2.75, 3.05) is 44.7 Å². The fraction of sp³-hybridized carbons (Fsp3) is 0.500. The highest BCUT2D eigenvalue weighted by Gasteiger charge is 2.12. The highest BCUT2D eigenvalue weighted by molar-refractivity contribution is 14.1. The van der Waals surface area contributed by atoms with Crippen molar-refractivity contribution in [3.63, 3.8) is 0 Å². The lowest BCUT2D eigenvalue weighted by Gasteiger charge is -2.24. The van der Waals surface area contributed by atoms with E-state index in [1.54, 1.807) is 4.90 Å². The van der Waals surface area contributed by atoms with Crippen LogP contribution in [-0.2, 0) is 4.74 Å². The number of nitrogens with one attached hydrogen (secondary N) is 3. The second-order valence-electron chi connectivity index (χ2n) is 4.96. The molecule has 2 rings (SSSR count). The Morgan fingerprint density at radius 3 is 2.85 bits per heavy atom. The van der Waals surface area contributed by atoms with Gasteiger partial charge in [0.1, 0.15) is 13.1 Å². The van der Waals surface area contributed by atoms with Gasteiger partial charge in [-0.25, -0.2) is 0 Å². The Labute approximate surface area is 139 Å². The van der Waals surface area contributed by atoms with Crippen molar-refractivity contribution in [1.82, 2.24) is 5.32 Å². The van der Waals surface area contributed by atoms with E-state index >= 15 is 0 Å². The summed E-state index contributed by atoms with van der Waals surface area (Å²) in [5.74, 6) is 0. The van der Waals surface area contributed by atoms with Gasteiger partial charge in [-0.15, -0.1) is 0 Å². The minimum absolute atomic E-state index is 0.693. The number of thiocarbonyl (C=S) groups is 1. The van der Waals surface area contributed by atoms with Gasteiger partial charge in [-0.1, -0.05) is 0 Å². The van der Waals surface area contributed by atoms with Crippen molar-refractivity contribution >= 4 is 45.6 Å². The molecule has 1 heterocycles. The van der Waals surface area contributed by atoms with Crippen molar-refractivity contribution < 1.29 is 9.64 Å². The molecule has 0 saturated carbocycles. The van der Waals surface area contributed by atoms with Gasteiger partial charge in [0.05, 0.1) is 26.3 Å². The van der Waals surface area contributed by atoms with Crippen molar-refractivity contribution in [3.05, 3.63) is 27.3 Å². The molecule has 0 amide bonds. The number of benzene rings is 1. The summed E-state index contributed by atoms with van der Waals surface area (Å²) in [4.78, 5) is 1.58. The minimum Gasteiger partial charge on any atom is -0.370 e. The van der Waals surface area contributed by atoms with Gasteiger partial charge in [0, 0.05) is 9.26 Å². The number of morpholine rings is 1. The first-order valence-electron chi connectivity index (χ1n) is 6.87. The van der Waals surface area contributed by atoms with Gasteiger partial charge in [0.15, 0.2) is 5.11 Å². The van der Waals surface area contributed by atoms with Crippen molar-refractivity contribution in [2.45, 2.75) is 6.92 Å². The normalized spacial score (nSPS) is 15.9. The second kappa shape index (κ2) is 8.11. The van der Waals surface area contributed by atoms with Crippen LogP contribution < -0.4 is 15.5 Å². The molecule has 6 heteroatoms. The van der Waals surface area contributed by atoms with Gasteiger partial charge >= 0.3 is 0 Å². The highest BCUT2D eigenvalue weighted by Crippen LogP contribution is 2.16. The lowest BCUT2D eigenvalue weighted by atomic mass is 10.2. The first-order chi connectivity index (χ1) is 9.65. The zero-order valence-electron chi connectivity index (χ0n) is 11.7. The Balaban J connectivity index is 1.70. The summed E-state index contributed by atoms with van der Waals surface area (Å²) >= 11 is 7.65. The zero-order valence-corrected chi connectivity index (χ0v) is 14.6. The number of anilines is 1. The molecule has 110 valence electrons. The Hall–Kier alpha value is -0.440. The fourth-order valence-corrected chi connectivity index (χ4v) is 2.72. The summed E-state index contributed by atoms with van der Waals surface area (Å²) < 4.78 is 6.61. The summed E-state index contributed by atoms with van der Waals surface area (Å²) in [5.41, 5.74) is 2.30. The molecular formula is C14H21IN3OS+. The highest BCUT2D eigenvalue weighted by atomic mass is 127. The van der Waals surface area contributed by atoms with E-state index in [4.69, 9.17) is 17.0 Å². The van der Waals surface area contributed by atoms with Crippen LogP contribution in [0.25, 0.3) is 0 Å². The van der Waals surface area contributed by atoms with Crippen LogP contribution in [0.1, 0.15) is 5.56 Å². The van der Waals surface area contributed by atoms with Crippen molar-refractivity contribution in [3.8, 4) is 0 Å². The molecule has 1 aliphatic heterocycles. The van der Waals surface area contributed by atoms with E-state index in [1.807, 2.05) is 0 Å². The predicted molar refractivity (Wildman–Crippen MR) is 94.5 cm³/mol. The quantitative estimate of drug-likeness (QED) is 0.511. The number of aryl methyl sites for hydroxylation is 1. The third kappa shape index (κ3) is 5.16. The first-order valence-corrected chi connectivity index (χ1v) is 8.36. The van der Waals surface area contributed by atoms with Crippen LogP contribution in [0.5, 0.6) is 0 Å². The molecule has 3 N–H and O–H groups in total. The Bertz CT molecular complexity index is 464. The molecule has 1 fully saturated rings. The maximum absolute atomic E-state index is 5.35. The zero-order chi connectivity index (χ0) is 14.4. The molecule has 1 aromatic carbocycles. The molecule has 0 aromatic heterocycles. The van der Waals surface area contributed by atoms with Gasteiger partial charge in [-0.2, -0.15) is 0 Å². The van der Waals surface area contributed by atoms with Gasteiger partial charge in [-0.05, 0) is 65.5 Å². The topological polar surface area (TPSA) is 37.7 Å². The molecule has 1 aliphatic rings. The van der Waals surface area contributed by atoms with E-state index in [9.17, 15) is 0 Å². The average Bonchev–Trinajstić information content (AvgIpc) is 2.44. The van der Waals surface area contributed by atoms with E-state index < -0.39 is 0 Å². The number of ether oxygens (including phenoxy) is 1. The Morgan fingerprint density at radius 1 is 1.40 bits per heavy atom. The summed E-state index contributed by atoms with van der Waals surface area (Å²) in [6, 6.07) is 6.26. The molecule has 4 nitrogen and oxygen atoms in total. The van der Waals surface area contributed by atoms with Gasteiger partial charge in [0.2, 0.25) is 0 Å².